The van der Waals surface area contributed by atoms with Crippen molar-refractivity contribution in [2.75, 3.05) is 38.2 Å². The molecular weight excluding hydrogens is 309 g/mol. The van der Waals surface area contributed by atoms with Crippen molar-refractivity contribution < 1.29 is 23.0 Å². The average Bonchev–Trinajstić information content (AvgIpc) is 2.53. The fourth-order valence-electron chi connectivity index (χ4n) is 2.92. The quantitative estimate of drug-likeness (QED) is 0.919. The Morgan fingerprint density at radius 2 is 1.83 bits per heavy atom. The van der Waals surface area contributed by atoms with Gasteiger partial charge in [-0.2, -0.15) is 13.2 Å². The molecular formula is C16H23F3N2O2. The summed E-state index contributed by atoms with van der Waals surface area (Å²) in [5, 5.41) is 9.37. The SMILES string of the molecule is COc1cc(CO)cc(N2CCN(C(C)C(F)(F)F)CC2)c1C. The maximum Gasteiger partial charge on any atom is 0.403 e. The fourth-order valence-corrected chi connectivity index (χ4v) is 2.92. The molecule has 1 atom stereocenters. The third kappa shape index (κ3) is 3.90. The van der Waals surface area contributed by atoms with Crippen LogP contribution in [0.3, 0.4) is 0 Å². The summed E-state index contributed by atoms with van der Waals surface area (Å²) in [6.45, 7) is 4.75. The van der Waals surface area contributed by atoms with Gasteiger partial charge in [-0.1, -0.05) is 0 Å². The molecule has 0 bridgehead atoms. The van der Waals surface area contributed by atoms with Gasteiger partial charge < -0.3 is 14.7 Å². The molecule has 7 heteroatoms. The molecule has 1 aromatic carbocycles. The minimum Gasteiger partial charge on any atom is -0.496 e. The molecule has 1 saturated heterocycles. The van der Waals surface area contributed by atoms with Crippen molar-refractivity contribution in [1.82, 2.24) is 4.90 Å². The van der Waals surface area contributed by atoms with E-state index in [2.05, 4.69) is 4.90 Å². The molecule has 23 heavy (non-hydrogen) atoms. The largest absolute Gasteiger partial charge is 0.496 e. The number of aliphatic hydroxyl groups is 1. The zero-order chi connectivity index (χ0) is 17.2. The van der Waals surface area contributed by atoms with E-state index in [-0.39, 0.29) is 6.61 Å². The predicted octanol–water partition coefficient (Wildman–Crippen LogP) is 2.57. The number of alkyl halides is 3. The van der Waals surface area contributed by atoms with E-state index in [1.54, 1.807) is 13.2 Å². The standard InChI is InChI=1S/C16H23F3N2O2/c1-11-14(8-13(10-22)9-15(11)23-3)21-6-4-20(5-7-21)12(2)16(17,18)19/h8-9,12,22H,4-7,10H2,1-3H3. The van der Waals surface area contributed by atoms with Crippen LogP contribution in [0.5, 0.6) is 5.75 Å². The molecule has 1 unspecified atom stereocenters. The highest BCUT2D eigenvalue weighted by molar-refractivity contribution is 5.61. The van der Waals surface area contributed by atoms with Gasteiger partial charge in [0.25, 0.3) is 0 Å². The van der Waals surface area contributed by atoms with Gasteiger partial charge in [-0.15, -0.1) is 0 Å². The lowest BCUT2D eigenvalue weighted by Gasteiger charge is -2.40. The minimum atomic E-state index is -4.20. The zero-order valence-electron chi connectivity index (χ0n) is 13.7. The average molecular weight is 332 g/mol. The molecule has 1 aromatic rings. The number of nitrogens with zero attached hydrogens (tertiary/aromatic N) is 2. The number of hydrogen-bond acceptors (Lipinski definition) is 4. The molecule has 1 aliphatic heterocycles. The smallest absolute Gasteiger partial charge is 0.403 e. The van der Waals surface area contributed by atoms with E-state index in [0.29, 0.717) is 31.9 Å². The van der Waals surface area contributed by atoms with E-state index in [9.17, 15) is 18.3 Å². The van der Waals surface area contributed by atoms with Crippen molar-refractivity contribution in [3.8, 4) is 5.75 Å². The van der Waals surface area contributed by atoms with Gasteiger partial charge in [-0.05, 0) is 31.5 Å². The first-order chi connectivity index (χ1) is 10.8. The van der Waals surface area contributed by atoms with Crippen LogP contribution >= 0.6 is 0 Å². The number of anilines is 1. The third-order valence-electron chi connectivity index (χ3n) is 4.47. The van der Waals surface area contributed by atoms with Gasteiger partial charge in [-0.3, -0.25) is 4.90 Å². The number of hydrogen-bond donors (Lipinski definition) is 1. The normalized spacial score (nSPS) is 18.1. The maximum atomic E-state index is 12.8. The van der Waals surface area contributed by atoms with Crippen LogP contribution < -0.4 is 9.64 Å². The number of aliphatic hydroxyl groups excluding tert-OH is 1. The van der Waals surface area contributed by atoms with Gasteiger partial charge in [0.15, 0.2) is 0 Å². The summed E-state index contributed by atoms with van der Waals surface area (Å²) >= 11 is 0. The van der Waals surface area contributed by atoms with Crippen LogP contribution in [-0.2, 0) is 6.61 Å². The Bertz CT molecular complexity index is 541. The molecule has 2 rings (SSSR count). The lowest BCUT2D eigenvalue weighted by atomic mass is 10.1. The summed E-state index contributed by atoms with van der Waals surface area (Å²) in [4.78, 5) is 3.51. The van der Waals surface area contributed by atoms with E-state index in [1.165, 1.54) is 11.8 Å². The first-order valence-corrected chi connectivity index (χ1v) is 7.62. The summed E-state index contributed by atoms with van der Waals surface area (Å²) < 4.78 is 43.8. The molecule has 0 amide bonds. The first kappa shape index (κ1) is 17.9. The second-order valence-corrected chi connectivity index (χ2v) is 5.84. The van der Waals surface area contributed by atoms with Crippen molar-refractivity contribution in [1.29, 1.82) is 0 Å². The molecule has 0 saturated carbocycles. The molecule has 1 aliphatic rings. The lowest BCUT2D eigenvalue weighted by Crippen LogP contribution is -2.53. The first-order valence-electron chi connectivity index (χ1n) is 7.62. The maximum absolute atomic E-state index is 12.8. The molecule has 0 radical (unpaired) electrons. The summed E-state index contributed by atoms with van der Waals surface area (Å²) in [6, 6.07) is 2.23. The second-order valence-electron chi connectivity index (χ2n) is 5.84. The Kier molecular flexibility index (Phi) is 5.41. The van der Waals surface area contributed by atoms with Gasteiger partial charge in [0.1, 0.15) is 11.8 Å². The molecule has 0 aromatic heterocycles. The second kappa shape index (κ2) is 6.97. The van der Waals surface area contributed by atoms with Crippen LogP contribution in [0, 0.1) is 6.92 Å². The van der Waals surface area contributed by atoms with Crippen LogP contribution in [0.25, 0.3) is 0 Å². The Morgan fingerprint density at radius 3 is 2.30 bits per heavy atom. The molecule has 0 aliphatic carbocycles. The van der Waals surface area contributed by atoms with Gasteiger partial charge in [-0.25, -0.2) is 0 Å². The summed E-state index contributed by atoms with van der Waals surface area (Å²) in [5.41, 5.74) is 2.57. The van der Waals surface area contributed by atoms with E-state index >= 15 is 0 Å². The number of piperazine rings is 1. The van der Waals surface area contributed by atoms with Crippen LogP contribution in [0.4, 0.5) is 18.9 Å². The molecule has 130 valence electrons. The Labute approximate surface area is 134 Å². The summed E-state index contributed by atoms with van der Waals surface area (Å²) in [6.07, 6.45) is -4.20. The topological polar surface area (TPSA) is 35.9 Å². The molecule has 1 heterocycles. The predicted molar refractivity (Wildman–Crippen MR) is 83.0 cm³/mol. The van der Waals surface area contributed by atoms with E-state index in [0.717, 1.165) is 16.8 Å². The third-order valence-corrected chi connectivity index (χ3v) is 4.47. The van der Waals surface area contributed by atoms with Gasteiger partial charge in [0, 0.05) is 37.4 Å². The van der Waals surface area contributed by atoms with Crippen molar-refractivity contribution in [2.24, 2.45) is 0 Å². The van der Waals surface area contributed by atoms with Crippen LogP contribution in [-0.4, -0.2) is 55.5 Å². The monoisotopic (exact) mass is 332 g/mol. The highest BCUT2D eigenvalue weighted by atomic mass is 19.4. The van der Waals surface area contributed by atoms with Crippen molar-refractivity contribution in [3.63, 3.8) is 0 Å². The fraction of sp³-hybridized carbons (Fsp3) is 0.625. The molecule has 1 N–H and O–H groups in total. The minimum absolute atomic E-state index is 0.102. The Balaban J connectivity index is 2.14. The van der Waals surface area contributed by atoms with Crippen LogP contribution in [0.2, 0.25) is 0 Å². The number of benzene rings is 1. The highest BCUT2D eigenvalue weighted by Gasteiger charge is 2.40. The summed E-state index contributed by atoms with van der Waals surface area (Å²) in [5.74, 6) is 0.678. The van der Waals surface area contributed by atoms with E-state index < -0.39 is 12.2 Å². The molecule has 1 fully saturated rings. The Morgan fingerprint density at radius 1 is 1.22 bits per heavy atom. The van der Waals surface area contributed by atoms with Crippen molar-refractivity contribution in [3.05, 3.63) is 23.3 Å². The number of rotatable bonds is 4. The highest BCUT2D eigenvalue weighted by Crippen LogP contribution is 2.32. The summed E-state index contributed by atoms with van der Waals surface area (Å²) in [7, 11) is 1.57. The number of methoxy groups -OCH3 is 1. The van der Waals surface area contributed by atoms with Crippen molar-refractivity contribution in [2.45, 2.75) is 32.7 Å². The van der Waals surface area contributed by atoms with E-state index in [4.69, 9.17) is 4.74 Å². The number of ether oxygens (including phenoxy) is 1. The van der Waals surface area contributed by atoms with Crippen LogP contribution in [0.15, 0.2) is 12.1 Å². The van der Waals surface area contributed by atoms with Gasteiger partial charge in [0.2, 0.25) is 0 Å². The molecule has 4 nitrogen and oxygen atoms in total. The molecule has 0 spiro atoms. The van der Waals surface area contributed by atoms with Gasteiger partial charge >= 0.3 is 6.18 Å². The zero-order valence-corrected chi connectivity index (χ0v) is 13.7. The van der Waals surface area contributed by atoms with Gasteiger partial charge in [0.05, 0.1) is 13.7 Å². The lowest BCUT2D eigenvalue weighted by molar-refractivity contribution is -0.179. The Hall–Kier alpha value is -1.47. The number of halogens is 3. The van der Waals surface area contributed by atoms with Crippen molar-refractivity contribution >= 4 is 5.69 Å². The van der Waals surface area contributed by atoms with E-state index in [1.807, 2.05) is 13.0 Å². The van der Waals surface area contributed by atoms with Crippen LogP contribution in [0.1, 0.15) is 18.1 Å².